The number of rotatable bonds is 3. The number of aryl methyl sites for hydroxylation is 1. The van der Waals surface area contributed by atoms with Crippen LogP contribution in [0.15, 0.2) is 42.5 Å². The van der Waals surface area contributed by atoms with Gasteiger partial charge in [-0.05, 0) is 26.0 Å². The van der Waals surface area contributed by atoms with Crippen molar-refractivity contribution in [3.63, 3.8) is 0 Å². The zero-order valence-electron chi connectivity index (χ0n) is 11.6. The molecule has 2 aromatic rings. The fourth-order valence-electron chi connectivity index (χ4n) is 1.91. The summed E-state index contributed by atoms with van der Waals surface area (Å²) in [6.45, 7) is 4.53. The van der Waals surface area contributed by atoms with Gasteiger partial charge in [0.25, 0.3) is 5.91 Å². The van der Waals surface area contributed by atoms with Gasteiger partial charge in [0.1, 0.15) is 0 Å². The molecule has 19 heavy (non-hydrogen) atoms. The molecule has 0 saturated heterocycles. The number of benzene rings is 1. The van der Waals surface area contributed by atoms with Crippen molar-refractivity contribution in [2.75, 3.05) is 13.6 Å². The van der Waals surface area contributed by atoms with E-state index in [-0.39, 0.29) is 5.91 Å². The van der Waals surface area contributed by atoms with Crippen LogP contribution in [0.3, 0.4) is 0 Å². The number of aromatic nitrogens is 1. The first-order valence-corrected chi connectivity index (χ1v) is 6.42. The van der Waals surface area contributed by atoms with Crippen LogP contribution >= 0.6 is 0 Å². The molecule has 1 amide bonds. The van der Waals surface area contributed by atoms with Gasteiger partial charge in [-0.25, -0.2) is 0 Å². The lowest BCUT2D eigenvalue weighted by Crippen LogP contribution is -2.27. The van der Waals surface area contributed by atoms with Crippen molar-refractivity contribution in [3.8, 4) is 11.3 Å². The first kappa shape index (κ1) is 13.3. The van der Waals surface area contributed by atoms with E-state index in [0.29, 0.717) is 12.1 Å². The topological polar surface area (TPSA) is 33.2 Å². The van der Waals surface area contributed by atoms with E-state index in [0.717, 1.165) is 17.0 Å². The SMILES string of the molecule is CCN(C)C(=O)c1ccc(-c2ccccc2)nc1C. The molecule has 2 rings (SSSR count). The summed E-state index contributed by atoms with van der Waals surface area (Å²) >= 11 is 0. The Kier molecular flexibility index (Phi) is 3.95. The highest BCUT2D eigenvalue weighted by Gasteiger charge is 2.14. The van der Waals surface area contributed by atoms with E-state index >= 15 is 0 Å². The van der Waals surface area contributed by atoms with Gasteiger partial charge in [-0.3, -0.25) is 9.78 Å². The summed E-state index contributed by atoms with van der Waals surface area (Å²) in [5.41, 5.74) is 3.40. The van der Waals surface area contributed by atoms with Crippen molar-refractivity contribution < 1.29 is 4.79 Å². The Hall–Kier alpha value is -2.16. The predicted molar refractivity (Wildman–Crippen MR) is 77.0 cm³/mol. The molecule has 0 aliphatic carbocycles. The standard InChI is InChI=1S/C16H18N2O/c1-4-18(3)16(19)14-10-11-15(17-12(14)2)13-8-6-5-7-9-13/h5-11H,4H2,1-3H3. The molecule has 0 saturated carbocycles. The fraction of sp³-hybridized carbons (Fsp3) is 0.250. The van der Waals surface area contributed by atoms with Crippen molar-refractivity contribution in [1.29, 1.82) is 0 Å². The number of carbonyl (C=O) groups is 1. The second-order valence-corrected chi connectivity index (χ2v) is 4.51. The number of hydrogen-bond donors (Lipinski definition) is 0. The molecule has 1 aromatic carbocycles. The van der Waals surface area contributed by atoms with Crippen LogP contribution < -0.4 is 0 Å². The molecule has 1 aromatic heterocycles. The number of hydrogen-bond acceptors (Lipinski definition) is 2. The Labute approximate surface area is 113 Å². The van der Waals surface area contributed by atoms with Gasteiger partial charge in [0.15, 0.2) is 0 Å². The number of amides is 1. The third-order valence-electron chi connectivity index (χ3n) is 3.21. The number of pyridine rings is 1. The lowest BCUT2D eigenvalue weighted by atomic mass is 10.1. The Morgan fingerprint density at radius 1 is 1.16 bits per heavy atom. The van der Waals surface area contributed by atoms with Crippen LogP contribution in [0.25, 0.3) is 11.3 Å². The van der Waals surface area contributed by atoms with Crippen molar-refractivity contribution in [2.45, 2.75) is 13.8 Å². The minimum absolute atomic E-state index is 0.0205. The maximum absolute atomic E-state index is 12.1. The maximum Gasteiger partial charge on any atom is 0.255 e. The lowest BCUT2D eigenvalue weighted by molar-refractivity contribution is 0.0801. The van der Waals surface area contributed by atoms with E-state index in [9.17, 15) is 4.79 Å². The van der Waals surface area contributed by atoms with E-state index in [1.54, 1.807) is 11.9 Å². The van der Waals surface area contributed by atoms with Gasteiger partial charge >= 0.3 is 0 Å². The molecule has 3 nitrogen and oxygen atoms in total. The summed E-state index contributed by atoms with van der Waals surface area (Å²) < 4.78 is 0. The molecular weight excluding hydrogens is 236 g/mol. The van der Waals surface area contributed by atoms with Crippen LogP contribution in [0.5, 0.6) is 0 Å². The number of nitrogens with zero attached hydrogens (tertiary/aromatic N) is 2. The molecule has 0 spiro atoms. The van der Waals surface area contributed by atoms with Crippen molar-refractivity contribution in [1.82, 2.24) is 9.88 Å². The second kappa shape index (κ2) is 5.65. The van der Waals surface area contributed by atoms with Crippen LogP contribution in [-0.4, -0.2) is 29.4 Å². The van der Waals surface area contributed by atoms with Crippen molar-refractivity contribution in [3.05, 3.63) is 53.7 Å². The molecule has 98 valence electrons. The smallest absolute Gasteiger partial charge is 0.255 e. The Balaban J connectivity index is 2.35. The van der Waals surface area contributed by atoms with E-state index < -0.39 is 0 Å². The molecule has 0 N–H and O–H groups in total. The van der Waals surface area contributed by atoms with Crippen LogP contribution in [-0.2, 0) is 0 Å². The van der Waals surface area contributed by atoms with Gasteiger partial charge in [0.2, 0.25) is 0 Å². The van der Waals surface area contributed by atoms with Crippen molar-refractivity contribution >= 4 is 5.91 Å². The Morgan fingerprint density at radius 3 is 2.42 bits per heavy atom. The average Bonchev–Trinajstić information content (AvgIpc) is 2.46. The lowest BCUT2D eigenvalue weighted by Gasteiger charge is -2.16. The molecular formula is C16H18N2O. The van der Waals surface area contributed by atoms with Crippen LogP contribution in [0.1, 0.15) is 23.0 Å². The second-order valence-electron chi connectivity index (χ2n) is 4.51. The predicted octanol–water partition coefficient (Wildman–Crippen LogP) is 3.15. The van der Waals surface area contributed by atoms with Gasteiger partial charge in [-0.2, -0.15) is 0 Å². The molecule has 0 unspecified atom stereocenters. The average molecular weight is 254 g/mol. The minimum Gasteiger partial charge on any atom is -0.342 e. The van der Waals surface area contributed by atoms with E-state index in [1.165, 1.54) is 0 Å². The van der Waals surface area contributed by atoms with Crippen molar-refractivity contribution in [2.24, 2.45) is 0 Å². The van der Waals surface area contributed by atoms with E-state index in [2.05, 4.69) is 4.98 Å². The first-order valence-electron chi connectivity index (χ1n) is 6.42. The largest absolute Gasteiger partial charge is 0.342 e. The summed E-state index contributed by atoms with van der Waals surface area (Å²) in [7, 11) is 1.80. The third-order valence-corrected chi connectivity index (χ3v) is 3.21. The summed E-state index contributed by atoms with van der Waals surface area (Å²) in [6, 6.07) is 13.7. The first-order chi connectivity index (χ1) is 9.13. The quantitative estimate of drug-likeness (QED) is 0.843. The molecule has 1 heterocycles. The summed E-state index contributed by atoms with van der Waals surface area (Å²) in [6.07, 6.45) is 0. The maximum atomic E-state index is 12.1. The minimum atomic E-state index is 0.0205. The molecule has 0 aliphatic heterocycles. The molecule has 3 heteroatoms. The van der Waals surface area contributed by atoms with E-state index in [4.69, 9.17) is 0 Å². The summed E-state index contributed by atoms with van der Waals surface area (Å²) in [5, 5.41) is 0. The molecule has 0 bridgehead atoms. The Bertz CT molecular complexity index is 579. The zero-order chi connectivity index (χ0) is 13.8. The number of carbonyl (C=O) groups excluding carboxylic acids is 1. The zero-order valence-corrected chi connectivity index (χ0v) is 11.6. The molecule has 0 radical (unpaired) electrons. The highest BCUT2D eigenvalue weighted by atomic mass is 16.2. The van der Waals surface area contributed by atoms with Crippen LogP contribution in [0.2, 0.25) is 0 Å². The highest BCUT2D eigenvalue weighted by molar-refractivity contribution is 5.95. The van der Waals surface area contributed by atoms with Gasteiger partial charge in [-0.1, -0.05) is 30.3 Å². The van der Waals surface area contributed by atoms with Gasteiger partial charge in [-0.15, -0.1) is 0 Å². The van der Waals surface area contributed by atoms with Gasteiger partial charge in [0, 0.05) is 19.2 Å². The normalized spacial score (nSPS) is 10.3. The Morgan fingerprint density at radius 2 is 1.84 bits per heavy atom. The molecule has 0 aliphatic rings. The summed E-state index contributed by atoms with van der Waals surface area (Å²) in [5.74, 6) is 0.0205. The van der Waals surface area contributed by atoms with Gasteiger partial charge in [0.05, 0.1) is 17.0 Å². The molecule has 0 atom stereocenters. The van der Waals surface area contributed by atoms with Crippen LogP contribution in [0.4, 0.5) is 0 Å². The van der Waals surface area contributed by atoms with Gasteiger partial charge < -0.3 is 4.90 Å². The third kappa shape index (κ3) is 2.81. The highest BCUT2D eigenvalue weighted by Crippen LogP contribution is 2.19. The summed E-state index contributed by atoms with van der Waals surface area (Å²) in [4.78, 5) is 18.4. The molecule has 0 fully saturated rings. The fourth-order valence-corrected chi connectivity index (χ4v) is 1.91. The van der Waals surface area contributed by atoms with E-state index in [1.807, 2.05) is 56.3 Å². The van der Waals surface area contributed by atoms with Crippen LogP contribution in [0, 0.1) is 6.92 Å². The monoisotopic (exact) mass is 254 g/mol.